The number of nitrogens with two attached hydrogens (primary N) is 1. The lowest BCUT2D eigenvalue weighted by atomic mass is 10.2. The van der Waals surface area contributed by atoms with Gasteiger partial charge >= 0.3 is 0 Å². The highest BCUT2D eigenvalue weighted by Gasteiger charge is 2.10. The van der Waals surface area contributed by atoms with E-state index in [0.29, 0.717) is 17.1 Å². The maximum Gasteiger partial charge on any atom is 0.204 e. The minimum absolute atomic E-state index is 0.151. The molecule has 1 heterocycles. The average molecular weight is 269 g/mol. The van der Waals surface area contributed by atoms with Crippen molar-refractivity contribution in [2.75, 3.05) is 5.73 Å². The van der Waals surface area contributed by atoms with Crippen molar-refractivity contribution in [2.24, 2.45) is 0 Å². The average Bonchev–Trinajstić information content (AvgIpc) is 2.93. The van der Waals surface area contributed by atoms with Crippen LogP contribution in [0.4, 0.5) is 10.1 Å². The zero-order valence-corrected chi connectivity index (χ0v) is 10.6. The van der Waals surface area contributed by atoms with Gasteiger partial charge in [0.15, 0.2) is 0 Å². The van der Waals surface area contributed by atoms with Crippen LogP contribution in [0.25, 0.3) is 11.4 Å². The topological polar surface area (TPSA) is 69.6 Å². The molecule has 0 aliphatic heterocycles. The van der Waals surface area contributed by atoms with Gasteiger partial charge in [-0.3, -0.25) is 0 Å². The quantitative estimate of drug-likeness (QED) is 0.739. The summed E-state index contributed by atoms with van der Waals surface area (Å²) in [6, 6.07) is 14.0. The van der Waals surface area contributed by atoms with Gasteiger partial charge in [0.2, 0.25) is 5.82 Å². The number of aromatic nitrogens is 4. The van der Waals surface area contributed by atoms with Crippen molar-refractivity contribution < 1.29 is 4.39 Å². The van der Waals surface area contributed by atoms with E-state index in [2.05, 4.69) is 15.4 Å². The summed E-state index contributed by atoms with van der Waals surface area (Å²) in [4.78, 5) is 1.33. The number of hydrogen-bond acceptors (Lipinski definition) is 4. The highest BCUT2D eigenvalue weighted by atomic mass is 19.1. The molecular formula is C14H12FN5. The smallest absolute Gasteiger partial charge is 0.204 e. The summed E-state index contributed by atoms with van der Waals surface area (Å²) in [6.45, 7) is 0.151. The fourth-order valence-electron chi connectivity index (χ4n) is 1.90. The maximum atomic E-state index is 13.7. The van der Waals surface area contributed by atoms with E-state index < -0.39 is 0 Å². The first-order chi connectivity index (χ1) is 9.74. The summed E-state index contributed by atoms with van der Waals surface area (Å²) in [5.41, 5.74) is 7.36. The molecule has 0 fully saturated rings. The van der Waals surface area contributed by atoms with E-state index in [1.54, 1.807) is 12.1 Å². The minimum atomic E-state index is -0.372. The van der Waals surface area contributed by atoms with Crippen molar-refractivity contribution in [1.29, 1.82) is 0 Å². The molecule has 0 aliphatic rings. The molecule has 0 bridgehead atoms. The molecule has 20 heavy (non-hydrogen) atoms. The first-order valence-electron chi connectivity index (χ1n) is 6.10. The minimum Gasteiger partial charge on any atom is -0.398 e. The van der Waals surface area contributed by atoms with Crippen molar-refractivity contribution >= 4 is 5.69 Å². The Labute approximate surface area is 114 Å². The Hall–Kier alpha value is -2.76. The Balaban J connectivity index is 1.88. The Bertz CT molecular complexity index is 703. The zero-order chi connectivity index (χ0) is 13.9. The van der Waals surface area contributed by atoms with Crippen molar-refractivity contribution in [3.05, 3.63) is 59.9 Å². The van der Waals surface area contributed by atoms with Gasteiger partial charge in [-0.05, 0) is 17.3 Å². The lowest BCUT2D eigenvalue weighted by Gasteiger charge is -2.05. The summed E-state index contributed by atoms with van der Waals surface area (Å²) in [6.07, 6.45) is 0. The SMILES string of the molecule is Nc1cccc(F)c1Cn1nnc(-c2ccccc2)n1. The second-order valence-electron chi connectivity index (χ2n) is 4.32. The van der Waals surface area contributed by atoms with E-state index in [4.69, 9.17) is 5.73 Å². The highest BCUT2D eigenvalue weighted by molar-refractivity contribution is 5.53. The number of anilines is 1. The van der Waals surface area contributed by atoms with E-state index >= 15 is 0 Å². The van der Waals surface area contributed by atoms with E-state index in [1.165, 1.54) is 10.9 Å². The Kier molecular flexibility index (Phi) is 3.12. The van der Waals surface area contributed by atoms with Gasteiger partial charge in [0, 0.05) is 16.8 Å². The van der Waals surface area contributed by atoms with Crippen molar-refractivity contribution in [3.63, 3.8) is 0 Å². The number of benzene rings is 2. The van der Waals surface area contributed by atoms with Gasteiger partial charge in [0.05, 0.1) is 6.54 Å². The fourth-order valence-corrected chi connectivity index (χ4v) is 1.90. The Morgan fingerprint density at radius 3 is 2.60 bits per heavy atom. The third-order valence-corrected chi connectivity index (χ3v) is 2.94. The largest absolute Gasteiger partial charge is 0.398 e. The first-order valence-corrected chi connectivity index (χ1v) is 6.10. The van der Waals surface area contributed by atoms with Crippen LogP contribution in [0.15, 0.2) is 48.5 Å². The Morgan fingerprint density at radius 1 is 1.05 bits per heavy atom. The van der Waals surface area contributed by atoms with E-state index in [-0.39, 0.29) is 12.4 Å². The predicted molar refractivity (Wildman–Crippen MR) is 73.2 cm³/mol. The molecule has 100 valence electrons. The van der Waals surface area contributed by atoms with Crippen LogP contribution in [-0.2, 0) is 6.54 Å². The normalized spacial score (nSPS) is 10.7. The van der Waals surface area contributed by atoms with Crippen molar-refractivity contribution in [2.45, 2.75) is 6.54 Å². The lowest BCUT2D eigenvalue weighted by Crippen LogP contribution is -2.08. The second-order valence-corrected chi connectivity index (χ2v) is 4.32. The van der Waals surface area contributed by atoms with Gasteiger partial charge in [-0.2, -0.15) is 4.80 Å². The number of tetrazole rings is 1. The number of nitrogens with zero attached hydrogens (tertiary/aromatic N) is 4. The second kappa shape index (κ2) is 5.08. The number of nitrogen functional groups attached to an aromatic ring is 1. The molecule has 0 saturated carbocycles. The van der Waals surface area contributed by atoms with Gasteiger partial charge in [0.1, 0.15) is 5.82 Å². The summed E-state index contributed by atoms with van der Waals surface area (Å²) in [7, 11) is 0. The molecule has 3 aromatic rings. The van der Waals surface area contributed by atoms with Crippen LogP contribution in [0, 0.1) is 5.82 Å². The molecule has 1 aromatic heterocycles. The van der Waals surface area contributed by atoms with Crippen LogP contribution >= 0.6 is 0 Å². The molecule has 5 nitrogen and oxygen atoms in total. The molecule has 0 saturated heterocycles. The van der Waals surface area contributed by atoms with Gasteiger partial charge in [-0.15, -0.1) is 10.2 Å². The molecule has 0 aliphatic carbocycles. The maximum absolute atomic E-state index is 13.7. The van der Waals surface area contributed by atoms with Crippen molar-refractivity contribution in [3.8, 4) is 11.4 Å². The van der Waals surface area contributed by atoms with Gasteiger partial charge in [0.25, 0.3) is 0 Å². The summed E-state index contributed by atoms with van der Waals surface area (Å²) in [5, 5.41) is 12.1. The zero-order valence-electron chi connectivity index (χ0n) is 10.6. The summed E-state index contributed by atoms with van der Waals surface area (Å²) < 4.78 is 13.7. The third-order valence-electron chi connectivity index (χ3n) is 2.94. The number of halogens is 1. The first kappa shape index (κ1) is 12.3. The molecule has 0 amide bonds. The molecule has 0 atom stereocenters. The molecule has 3 rings (SSSR count). The number of hydrogen-bond donors (Lipinski definition) is 1. The van der Waals surface area contributed by atoms with Gasteiger partial charge in [-0.25, -0.2) is 4.39 Å². The van der Waals surface area contributed by atoms with E-state index in [0.717, 1.165) is 5.56 Å². The third kappa shape index (κ3) is 2.35. The molecule has 2 aromatic carbocycles. The molecule has 0 unspecified atom stereocenters. The van der Waals surface area contributed by atoms with Crippen LogP contribution in [0.3, 0.4) is 0 Å². The molecule has 0 radical (unpaired) electrons. The number of rotatable bonds is 3. The molecule has 2 N–H and O–H groups in total. The fraction of sp³-hybridized carbons (Fsp3) is 0.0714. The van der Waals surface area contributed by atoms with Crippen LogP contribution in [0.5, 0.6) is 0 Å². The highest BCUT2D eigenvalue weighted by Crippen LogP contribution is 2.17. The van der Waals surface area contributed by atoms with Crippen LogP contribution in [0.2, 0.25) is 0 Å². The molecule has 6 heteroatoms. The predicted octanol–water partition coefficient (Wildman–Crippen LogP) is 2.11. The van der Waals surface area contributed by atoms with Crippen molar-refractivity contribution in [1.82, 2.24) is 20.2 Å². The van der Waals surface area contributed by atoms with Gasteiger partial charge in [-0.1, -0.05) is 36.4 Å². The lowest BCUT2D eigenvalue weighted by molar-refractivity contribution is 0.540. The molecule has 0 spiro atoms. The van der Waals surface area contributed by atoms with Crippen LogP contribution in [0.1, 0.15) is 5.56 Å². The molecular weight excluding hydrogens is 257 g/mol. The standard InChI is InChI=1S/C14H12FN5/c15-12-7-4-8-13(16)11(12)9-20-18-14(17-19-20)10-5-2-1-3-6-10/h1-8H,9,16H2. The van der Waals surface area contributed by atoms with E-state index in [9.17, 15) is 4.39 Å². The van der Waals surface area contributed by atoms with Crippen LogP contribution < -0.4 is 5.73 Å². The summed E-state index contributed by atoms with van der Waals surface area (Å²) >= 11 is 0. The monoisotopic (exact) mass is 269 g/mol. The van der Waals surface area contributed by atoms with Crippen LogP contribution in [-0.4, -0.2) is 20.2 Å². The summed E-state index contributed by atoms with van der Waals surface area (Å²) in [5.74, 6) is 0.129. The van der Waals surface area contributed by atoms with E-state index in [1.807, 2.05) is 30.3 Å². The Morgan fingerprint density at radius 2 is 1.85 bits per heavy atom. The van der Waals surface area contributed by atoms with Gasteiger partial charge < -0.3 is 5.73 Å².